The second-order valence-electron chi connectivity index (χ2n) is 6.00. The fraction of sp³-hybridized carbons (Fsp3) is 0.158. The molecule has 1 atom stereocenters. The van der Waals surface area contributed by atoms with Crippen LogP contribution < -0.4 is 10.2 Å². The second-order valence-corrected chi connectivity index (χ2v) is 6.39. The lowest BCUT2D eigenvalue weighted by Gasteiger charge is -2.37. The number of nitrogens with zero attached hydrogens (tertiary/aromatic N) is 2. The van der Waals surface area contributed by atoms with Gasteiger partial charge in [-0.2, -0.15) is 0 Å². The Bertz CT molecular complexity index is 991. The minimum absolute atomic E-state index is 0.146. The maximum atomic E-state index is 13.3. The lowest BCUT2D eigenvalue weighted by atomic mass is 9.93. The molecule has 1 heterocycles. The summed E-state index contributed by atoms with van der Waals surface area (Å²) in [4.78, 5) is 25.1. The maximum Gasteiger partial charge on any atom is 0.337 e. The van der Waals surface area contributed by atoms with Crippen molar-refractivity contribution in [3.05, 3.63) is 81.3 Å². The van der Waals surface area contributed by atoms with Crippen molar-refractivity contribution < 1.29 is 18.8 Å². The van der Waals surface area contributed by atoms with Crippen LogP contribution in [-0.4, -0.2) is 23.1 Å². The predicted octanol–water partition coefficient (Wildman–Crippen LogP) is 3.62. The predicted molar refractivity (Wildman–Crippen MR) is 105 cm³/mol. The van der Waals surface area contributed by atoms with E-state index in [4.69, 9.17) is 17.0 Å². The van der Waals surface area contributed by atoms with E-state index in [1.165, 1.54) is 37.4 Å². The maximum absolute atomic E-state index is 13.3. The number of nitrogens with one attached hydrogen (secondary N) is 1. The van der Waals surface area contributed by atoms with Gasteiger partial charge in [-0.1, -0.05) is 12.1 Å². The van der Waals surface area contributed by atoms with Crippen molar-refractivity contribution >= 4 is 34.7 Å². The molecule has 2 aromatic carbocycles. The van der Waals surface area contributed by atoms with Crippen LogP contribution in [0.4, 0.5) is 15.8 Å². The first kappa shape index (κ1) is 19.4. The standard InChI is InChI=1S/C19H16FN3O4S/c1-11-16(18(24)27-2)17(14-5-3-4-6-15(14)23(25)26)21-19(28)22(11)13-9-7-12(20)8-10-13/h3-10,17H,1-2H3,(H,21,28)/t17-/m0/s1. The molecule has 0 saturated heterocycles. The highest BCUT2D eigenvalue weighted by atomic mass is 32.1. The summed E-state index contributed by atoms with van der Waals surface area (Å²) in [5, 5.41) is 14.7. The van der Waals surface area contributed by atoms with Gasteiger partial charge in [0.1, 0.15) is 5.82 Å². The number of nitro groups is 1. The third-order valence-electron chi connectivity index (χ3n) is 4.42. The van der Waals surface area contributed by atoms with Crippen molar-refractivity contribution in [2.75, 3.05) is 12.0 Å². The highest BCUT2D eigenvalue weighted by molar-refractivity contribution is 7.80. The number of thiocarbonyl (C=S) groups is 1. The van der Waals surface area contributed by atoms with Gasteiger partial charge in [0.15, 0.2) is 5.11 Å². The van der Waals surface area contributed by atoms with Crippen LogP contribution in [0.25, 0.3) is 0 Å². The number of hydrogen-bond donors (Lipinski definition) is 1. The van der Waals surface area contributed by atoms with Crippen LogP contribution in [0.5, 0.6) is 0 Å². The number of para-hydroxylation sites is 1. The van der Waals surface area contributed by atoms with Crippen molar-refractivity contribution in [3.63, 3.8) is 0 Å². The highest BCUT2D eigenvalue weighted by Crippen LogP contribution is 2.37. The summed E-state index contributed by atoms with van der Waals surface area (Å²) < 4.78 is 18.2. The molecular formula is C19H16FN3O4S. The zero-order chi connectivity index (χ0) is 20.4. The number of nitro benzene ring substituents is 1. The molecule has 0 unspecified atom stereocenters. The average molecular weight is 401 g/mol. The average Bonchev–Trinajstić information content (AvgIpc) is 2.68. The van der Waals surface area contributed by atoms with Gasteiger partial charge in [-0.05, 0) is 49.5 Å². The molecule has 0 aliphatic carbocycles. The number of anilines is 1. The Morgan fingerprint density at radius 3 is 2.50 bits per heavy atom. The second kappa shape index (κ2) is 7.73. The van der Waals surface area contributed by atoms with Crippen molar-refractivity contribution in [2.24, 2.45) is 0 Å². The minimum Gasteiger partial charge on any atom is -0.466 e. The number of esters is 1. The molecule has 0 radical (unpaired) electrons. The number of rotatable bonds is 4. The van der Waals surface area contributed by atoms with Crippen LogP contribution in [0, 0.1) is 15.9 Å². The van der Waals surface area contributed by atoms with Gasteiger partial charge in [-0.25, -0.2) is 9.18 Å². The molecule has 0 fully saturated rings. The molecule has 2 aromatic rings. The van der Waals surface area contributed by atoms with E-state index in [1.807, 2.05) is 0 Å². The molecule has 9 heteroatoms. The smallest absolute Gasteiger partial charge is 0.337 e. The molecule has 0 amide bonds. The van der Waals surface area contributed by atoms with E-state index in [-0.39, 0.29) is 21.9 Å². The largest absolute Gasteiger partial charge is 0.466 e. The molecular weight excluding hydrogens is 385 g/mol. The third-order valence-corrected chi connectivity index (χ3v) is 4.72. The molecule has 7 nitrogen and oxygen atoms in total. The molecule has 144 valence electrons. The number of carbonyl (C=O) groups is 1. The van der Waals surface area contributed by atoms with E-state index < -0.39 is 22.8 Å². The molecule has 0 spiro atoms. The Morgan fingerprint density at radius 2 is 1.89 bits per heavy atom. The van der Waals surface area contributed by atoms with E-state index in [2.05, 4.69) is 5.32 Å². The zero-order valence-corrected chi connectivity index (χ0v) is 15.8. The molecule has 0 aromatic heterocycles. The van der Waals surface area contributed by atoms with Crippen molar-refractivity contribution in [1.29, 1.82) is 0 Å². The van der Waals surface area contributed by atoms with E-state index in [0.717, 1.165) is 0 Å². The van der Waals surface area contributed by atoms with Crippen LogP contribution in [0.15, 0.2) is 59.8 Å². The molecule has 28 heavy (non-hydrogen) atoms. The van der Waals surface area contributed by atoms with Gasteiger partial charge in [-0.3, -0.25) is 15.0 Å². The first-order valence-corrected chi connectivity index (χ1v) is 8.64. The summed E-state index contributed by atoms with van der Waals surface area (Å²) in [5.41, 5.74) is 1.29. The zero-order valence-electron chi connectivity index (χ0n) is 15.0. The summed E-state index contributed by atoms with van der Waals surface area (Å²) in [7, 11) is 1.23. The summed E-state index contributed by atoms with van der Waals surface area (Å²) in [6.07, 6.45) is 0. The number of carbonyl (C=O) groups excluding carboxylic acids is 1. The quantitative estimate of drug-likeness (QED) is 0.362. The Balaban J connectivity index is 2.19. The topological polar surface area (TPSA) is 84.7 Å². The number of benzene rings is 2. The number of ether oxygens (including phenoxy) is 1. The van der Waals surface area contributed by atoms with Crippen LogP contribution in [0.2, 0.25) is 0 Å². The molecule has 0 bridgehead atoms. The number of halogens is 1. The normalized spacial score (nSPS) is 16.6. The Labute approximate surface area is 165 Å². The fourth-order valence-corrected chi connectivity index (χ4v) is 3.51. The van der Waals surface area contributed by atoms with Crippen molar-refractivity contribution in [3.8, 4) is 0 Å². The van der Waals surface area contributed by atoms with Gasteiger partial charge in [0.2, 0.25) is 0 Å². The van der Waals surface area contributed by atoms with Gasteiger partial charge in [0.05, 0.1) is 29.2 Å². The van der Waals surface area contributed by atoms with E-state index >= 15 is 0 Å². The minimum atomic E-state index is -0.863. The first-order valence-electron chi connectivity index (χ1n) is 8.23. The van der Waals surface area contributed by atoms with Crippen LogP contribution in [-0.2, 0) is 9.53 Å². The molecule has 1 aliphatic rings. The van der Waals surface area contributed by atoms with E-state index in [1.54, 1.807) is 30.0 Å². The van der Waals surface area contributed by atoms with Crippen molar-refractivity contribution in [1.82, 2.24) is 5.32 Å². The van der Waals surface area contributed by atoms with Gasteiger partial charge in [-0.15, -0.1) is 0 Å². The lowest BCUT2D eigenvalue weighted by molar-refractivity contribution is -0.385. The summed E-state index contributed by atoms with van der Waals surface area (Å²) in [5.74, 6) is -1.06. The van der Waals surface area contributed by atoms with Gasteiger partial charge < -0.3 is 10.1 Å². The SMILES string of the molecule is COC(=O)C1=C(C)N(c2ccc(F)cc2)C(=S)N[C@H]1c1ccccc1[N+](=O)[O-]. The highest BCUT2D eigenvalue weighted by Gasteiger charge is 2.37. The molecule has 1 aliphatic heterocycles. The van der Waals surface area contributed by atoms with Crippen LogP contribution in [0.3, 0.4) is 0 Å². The molecule has 1 N–H and O–H groups in total. The number of hydrogen-bond acceptors (Lipinski definition) is 5. The Morgan fingerprint density at radius 1 is 1.25 bits per heavy atom. The van der Waals surface area contributed by atoms with E-state index in [0.29, 0.717) is 11.4 Å². The van der Waals surface area contributed by atoms with Gasteiger partial charge in [0, 0.05) is 17.5 Å². The van der Waals surface area contributed by atoms with Gasteiger partial charge >= 0.3 is 5.97 Å². The van der Waals surface area contributed by atoms with Crippen molar-refractivity contribution in [2.45, 2.75) is 13.0 Å². The Hall–Kier alpha value is -3.33. The first-order chi connectivity index (χ1) is 13.3. The summed E-state index contributed by atoms with van der Waals surface area (Å²) >= 11 is 5.45. The summed E-state index contributed by atoms with van der Waals surface area (Å²) in [6, 6.07) is 10.8. The number of allylic oxidation sites excluding steroid dienone is 1. The lowest BCUT2D eigenvalue weighted by Crippen LogP contribution is -2.48. The Kier molecular flexibility index (Phi) is 5.36. The van der Waals surface area contributed by atoms with E-state index in [9.17, 15) is 19.3 Å². The summed E-state index contributed by atoms with van der Waals surface area (Å²) in [6.45, 7) is 1.66. The van der Waals surface area contributed by atoms with Crippen LogP contribution >= 0.6 is 12.2 Å². The number of methoxy groups -OCH3 is 1. The fourth-order valence-electron chi connectivity index (χ4n) is 3.15. The van der Waals surface area contributed by atoms with Crippen LogP contribution in [0.1, 0.15) is 18.5 Å². The molecule has 0 saturated carbocycles. The monoisotopic (exact) mass is 401 g/mol. The molecule has 3 rings (SSSR count). The third kappa shape index (κ3) is 3.44. The van der Waals surface area contributed by atoms with Gasteiger partial charge in [0.25, 0.3) is 5.69 Å².